The molecule has 0 unspecified atom stereocenters. The maximum absolute atomic E-state index is 14.7. The molecule has 0 aliphatic carbocycles. The van der Waals surface area contributed by atoms with Crippen LogP contribution in [0.4, 0.5) is 11.4 Å². The molecule has 6 heteroatoms. The molecule has 9 rings (SSSR count). The Kier molecular flexibility index (Phi) is 7.10. The maximum atomic E-state index is 14.7. The van der Waals surface area contributed by atoms with Gasteiger partial charge >= 0.3 is 0 Å². The Morgan fingerprint density at radius 1 is 0.519 bits per heavy atom. The summed E-state index contributed by atoms with van der Waals surface area (Å²) < 4.78 is 2.05. The number of hydrogen-bond donors (Lipinski definition) is 0. The summed E-state index contributed by atoms with van der Waals surface area (Å²) in [5.41, 5.74) is 9.31. The number of imide groups is 1. The molecule has 6 nitrogen and oxygen atoms in total. The second-order valence-electron chi connectivity index (χ2n) is 12.6. The van der Waals surface area contributed by atoms with Crippen LogP contribution in [-0.2, 0) is 0 Å². The van der Waals surface area contributed by atoms with Gasteiger partial charge in [-0.3, -0.25) is 9.59 Å². The summed E-state index contributed by atoms with van der Waals surface area (Å²) in [4.78, 5) is 33.9. The van der Waals surface area contributed by atoms with Crippen molar-refractivity contribution in [3.8, 4) is 45.1 Å². The van der Waals surface area contributed by atoms with E-state index in [9.17, 15) is 14.9 Å². The third-order valence-electron chi connectivity index (χ3n) is 9.83. The molecule has 1 aliphatic rings. The minimum absolute atomic E-state index is 0.287. The Balaban J connectivity index is 1.33. The lowest BCUT2D eigenvalue weighted by Gasteiger charge is -2.17. The normalized spacial score (nSPS) is 12.2. The van der Waals surface area contributed by atoms with E-state index in [2.05, 4.69) is 15.5 Å². The van der Waals surface area contributed by atoms with Crippen LogP contribution in [0, 0.1) is 17.9 Å². The highest BCUT2D eigenvalue weighted by atomic mass is 16.2. The van der Waals surface area contributed by atoms with Gasteiger partial charge in [0.05, 0.1) is 51.7 Å². The van der Waals surface area contributed by atoms with Gasteiger partial charge in [-0.2, -0.15) is 5.26 Å². The first kappa shape index (κ1) is 30.5. The molecule has 52 heavy (non-hydrogen) atoms. The Morgan fingerprint density at radius 2 is 1.08 bits per heavy atom. The number of carbonyl (C=O) groups excluding carboxylic acids is 2. The van der Waals surface area contributed by atoms with E-state index >= 15 is 0 Å². The number of nitrogens with zero attached hydrogens (tertiary/aromatic N) is 4. The van der Waals surface area contributed by atoms with Crippen LogP contribution in [0.2, 0.25) is 0 Å². The van der Waals surface area contributed by atoms with Crippen LogP contribution in [0.15, 0.2) is 158 Å². The van der Waals surface area contributed by atoms with Gasteiger partial charge in [0, 0.05) is 21.9 Å². The van der Waals surface area contributed by atoms with Crippen LogP contribution in [0.25, 0.3) is 65.7 Å². The summed E-state index contributed by atoms with van der Waals surface area (Å²) in [5, 5.41) is 12.0. The van der Waals surface area contributed by atoms with Crippen LogP contribution in [0.5, 0.6) is 0 Å². The summed E-state index contributed by atoms with van der Waals surface area (Å²) >= 11 is 0. The van der Waals surface area contributed by atoms with Gasteiger partial charge in [0.1, 0.15) is 0 Å². The Labute approximate surface area is 299 Å². The molecule has 1 aromatic heterocycles. The van der Waals surface area contributed by atoms with Gasteiger partial charge in [-0.25, -0.2) is 9.74 Å². The van der Waals surface area contributed by atoms with Gasteiger partial charge < -0.3 is 4.57 Å². The Bertz CT molecular complexity index is 2740. The summed E-state index contributed by atoms with van der Waals surface area (Å²) in [5.74, 6) is -0.823. The number of benzene rings is 7. The lowest BCUT2D eigenvalue weighted by Crippen LogP contribution is -2.29. The zero-order chi connectivity index (χ0) is 35.3. The summed E-state index contributed by atoms with van der Waals surface area (Å²) in [6.45, 7) is 7.97. The molecular weight excluding hydrogens is 641 g/mol. The molecule has 0 bridgehead atoms. The summed E-state index contributed by atoms with van der Waals surface area (Å²) in [6.07, 6.45) is 0. The fourth-order valence-corrected chi connectivity index (χ4v) is 7.53. The molecule has 2 amide bonds. The number of nitriles is 1. The predicted octanol–water partition coefficient (Wildman–Crippen LogP) is 11.0. The van der Waals surface area contributed by atoms with E-state index < -0.39 is 11.8 Å². The highest BCUT2D eigenvalue weighted by Gasteiger charge is 2.39. The van der Waals surface area contributed by atoms with Gasteiger partial charge in [-0.15, -0.1) is 0 Å². The van der Waals surface area contributed by atoms with Crippen molar-refractivity contribution in [3.63, 3.8) is 0 Å². The van der Waals surface area contributed by atoms with E-state index in [0.29, 0.717) is 28.2 Å². The van der Waals surface area contributed by atoms with Crippen molar-refractivity contribution in [2.24, 2.45) is 0 Å². The lowest BCUT2D eigenvalue weighted by molar-refractivity contribution is 0.0926. The van der Waals surface area contributed by atoms with Gasteiger partial charge in [0.15, 0.2) is 5.69 Å². The van der Waals surface area contributed by atoms with Crippen molar-refractivity contribution >= 4 is 45.0 Å². The molecule has 0 saturated carbocycles. The van der Waals surface area contributed by atoms with Gasteiger partial charge in [-0.05, 0) is 52.6 Å². The zero-order valence-corrected chi connectivity index (χ0v) is 27.6. The molecule has 0 radical (unpaired) electrons. The zero-order valence-electron chi connectivity index (χ0n) is 27.6. The number of carbonyl (C=O) groups is 2. The second kappa shape index (κ2) is 12.1. The van der Waals surface area contributed by atoms with Crippen LogP contribution < -0.4 is 4.90 Å². The van der Waals surface area contributed by atoms with Gasteiger partial charge in [0.25, 0.3) is 11.8 Å². The fourth-order valence-electron chi connectivity index (χ4n) is 7.53. The molecule has 0 spiro atoms. The molecule has 0 atom stereocenters. The van der Waals surface area contributed by atoms with Crippen molar-refractivity contribution < 1.29 is 9.59 Å². The van der Waals surface area contributed by atoms with Gasteiger partial charge in [-0.1, -0.05) is 127 Å². The van der Waals surface area contributed by atoms with Crippen molar-refractivity contribution in [3.05, 3.63) is 186 Å². The third-order valence-corrected chi connectivity index (χ3v) is 9.83. The number of rotatable bonds is 5. The number of amides is 2. The van der Waals surface area contributed by atoms with Crippen LogP contribution in [0.3, 0.4) is 0 Å². The standard InChI is InChI=1S/C46H26N4O2/c1-48-40-22-8-7-16-34(40)36-18-10-20-38-37-19-9-17-35(33-15-6-5-14-31(33)28-47)43(37)50(44(36)38)41-23-11-21-39-42(41)46(52)49(45(39)51)32-26-24-30(25-27-32)29-12-3-2-4-13-29/h2-27H. The van der Waals surface area contributed by atoms with E-state index in [4.69, 9.17) is 6.57 Å². The molecule has 0 saturated heterocycles. The number of hydrogen-bond acceptors (Lipinski definition) is 3. The van der Waals surface area contributed by atoms with Crippen LogP contribution >= 0.6 is 0 Å². The van der Waals surface area contributed by atoms with E-state index in [-0.39, 0.29) is 5.56 Å². The second-order valence-corrected chi connectivity index (χ2v) is 12.6. The largest absolute Gasteiger partial charge is 0.307 e. The van der Waals surface area contributed by atoms with Crippen molar-refractivity contribution in [2.45, 2.75) is 0 Å². The SMILES string of the molecule is [C-]#[N+]c1ccccc1-c1cccc2c3cccc(-c4ccccc4C#N)c3n(-c3cccc4c3C(=O)N(c3ccc(-c5ccccc5)cc3)C4=O)c12. The molecular formula is C46H26N4O2. The van der Waals surface area contributed by atoms with Crippen molar-refractivity contribution in [2.75, 3.05) is 4.90 Å². The third kappa shape index (κ3) is 4.56. The number of anilines is 1. The smallest absolute Gasteiger partial charge is 0.268 e. The number of para-hydroxylation sites is 3. The number of aromatic nitrogens is 1. The first-order valence-electron chi connectivity index (χ1n) is 16.8. The van der Waals surface area contributed by atoms with Crippen LogP contribution in [0.1, 0.15) is 26.3 Å². The van der Waals surface area contributed by atoms with Crippen molar-refractivity contribution in [1.82, 2.24) is 4.57 Å². The average Bonchev–Trinajstić information content (AvgIpc) is 3.69. The minimum Gasteiger partial charge on any atom is -0.307 e. The quantitative estimate of drug-likeness (QED) is 0.136. The Hall–Kier alpha value is -7.54. The van der Waals surface area contributed by atoms with Gasteiger partial charge in [0.2, 0.25) is 0 Å². The molecule has 242 valence electrons. The topological polar surface area (TPSA) is 70.5 Å². The van der Waals surface area contributed by atoms with E-state index in [0.717, 1.165) is 55.2 Å². The van der Waals surface area contributed by atoms with E-state index in [1.165, 1.54) is 4.90 Å². The fraction of sp³-hybridized carbons (Fsp3) is 0. The predicted molar refractivity (Wildman–Crippen MR) is 206 cm³/mol. The van der Waals surface area contributed by atoms with E-state index in [1.54, 1.807) is 36.4 Å². The number of fused-ring (bicyclic) bond motifs is 4. The molecule has 0 fully saturated rings. The minimum atomic E-state index is -0.424. The highest BCUT2D eigenvalue weighted by Crippen LogP contribution is 2.45. The summed E-state index contributed by atoms with van der Waals surface area (Å²) in [6, 6.07) is 52.1. The van der Waals surface area contributed by atoms with Crippen LogP contribution in [-0.4, -0.2) is 16.4 Å². The molecule has 0 N–H and O–H groups in total. The molecule has 7 aromatic carbocycles. The first-order valence-corrected chi connectivity index (χ1v) is 16.8. The molecule has 1 aliphatic heterocycles. The lowest BCUT2D eigenvalue weighted by atomic mass is 9.97. The van der Waals surface area contributed by atoms with E-state index in [1.807, 2.05) is 121 Å². The average molecular weight is 667 g/mol. The highest BCUT2D eigenvalue weighted by molar-refractivity contribution is 6.36. The Morgan fingerprint density at radius 3 is 1.77 bits per heavy atom. The van der Waals surface area contributed by atoms with Crippen molar-refractivity contribution in [1.29, 1.82) is 5.26 Å². The molecule has 2 heterocycles. The summed E-state index contributed by atoms with van der Waals surface area (Å²) in [7, 11) is 0. The first-order chi connectivity index (χ1) is 25.6. The maximum Gasteiger partial charge on any atom is 0.268 e. The monoisotopic (exact) mass is 666 g/mol. The molecule has 8 aromatic rings.